The summed E-state index contributed by atoms with van der Waals surface area (Å²) in [7, 11) is 0. The highest BCUT2D eigenvalue weighted by molar-refractivity contribution is 5.64. The Kier molecular flexibility index (Phi) is 3.71. The van der Waals surface area contributed by atoms with Gasteiger partial charge in [0.25, 0.3) is 0 Å². The van der Waals surface area contributed by atoms with Gasteiger partial charge in [-0.05, 0) is 41.7 Å². The van der Waals surface area contributed by atoms with E-state index in [0.29, 0.717) is 5.92 Å². The smallest absolute Gasteiger partial charge is 0.0270 e. The molecule has 1 aromatic heterocycles. The molecule has 0 bridgehead atoms. The predicted molar refractivity (Wildman–Crippen MR) is 72.7 cm³/mol. The standard InChI is InChI=1S/C16H17N/c1-13(15-6-4-3-5-7-15)12-14(2)16-8-10-17-11-9-16/h3-12,14H,1-2H3/b13-12-. The van der Waals surface area contributed by atoms with Crippen LogP contribution in [0.1, 0.15) is 30.9 Å². The van der Waals surface area contributed by atoms with E-state index in [9.17, 15) is 0 Å². The fraction of sp³-hybridized carbons (Fsp3) is 0.188. The summed E-state index contributed by atoms with van der Waals surface area (Å²) in [5, 5.41) is 0. The number of hydrogen-bond donors (Lipinski definition) is 0. The van der Waals surface area contributed by atoms with Crippen molar-refractivity contribution in [3.8, 4) is 0 Å². The van der Waals surface area contributed by atoms with Crippen LogP contribution in [-0.2, 0) is 0 Å². The highest BCUT2D eigenvalue weighted by Gasteiger charge is 2.02. The van der Waals surface area contributed by atoms with Crippen LogP contribution in [0.5, 0.6) is 0 Å². The van der Waals surface area contributed by atoms with Gasteiger partial charge in [0.2, 0.25) is 0 Å². The molecule has 0 N–H and O–H groups in total. The number of benzene rings is 1. The van der Waals surface area contributed by atoms with E-state index < -0.39 is 0 Å². The molecule has 86 valence electrons. The molecule has 0 spiro atoms. The van der Waals surface area contributed by atoms with Gasteiger partial charge in [-0.3, -0.25) is 4.98 Å². The van der Waals surface area contributed by atoms with Gasteiger partial charge in [0, 0.05) is 12.4 Å². The molecular formula is C16H17N. The minimum absolute atomic E-state index is 0.415. The Morgan fingerprint density at radius 1 is 1.06 bits per heavy atom. The Hall–Kier alpha value is -1.89. The summed E-state index contributed by atoms with van der Waals surface area (Å²) < 4.78 is 0. The second kappa shape index (κ2) is 5.44. The van der Waals surface area contributed by atoms with Crippen LogP contribution < -0.4 is 0 Å². The summed E-state index contributed by atoms with van der Waals surface area (Å²) in [6, 6.07) is 14.6. The van der Waals surface area contributed by atoms with Crippen LogP contribution >= 0.6 is 0 Å². The Morgan fingerprint density at radius 3 is 2.35 bits per heavy atom. The molecule has 1 unspecified atom stereocenters. The monoisotopic (exact) mass is 223 g/mol. The third-order valence-corrected chi connectivity index (χ3v) is 2.96. The van der Waals surface area contributed by atoms with Gasteiger partial charge in [-0.25, -0.2) is 0 Å². The maximum absolute atomic E-state index is 4.04. The van der Waals surface area contributed by atoms with E-state index in [1.807, 2.05) is 18.5 Å². The summed E-state index contributed by atoms with van der Waals surface area (Å²) in [5.74, 6) is 0.415. The number of hydrogen-bond acceptors (Lipinski definition) is 1. The van der Waals surface area contributed by atoms with Crippen molar-refractivity contribution in [3.05, 3.63) is 72.1 Å². The predicted octanol–water partition coefficient (Wildman–Crippen LogP) is 4.29. The van der Waals surface area contributed by atoms with Gasteiger partial charge in [0.1, 0.15) is 0 Å². The molecule has 0 fully saturated rings. The number of nitrogens with zero attached hydrogens (tertiary/aromatic N) is 1. The lowest BCUT2D eigenvalue weighted by Gasteiger charge is -2.09. The van der Waals surface area contributed by atoms with Crippen molar-refractivity contribution in [3.63, 3.8) is 0 Å². The fourth-order valence-corrected chi connectivity index (χ4v) is 1.94. The van der Waals surface area contributed by atoms with E-state index in [2.05, 4.69) is 61.3 Å². The average Bonchev–Trinajstić information content (AvgIpc) is 2.40. The quantitative estimate of drug-likeness (QED) is 0.756. The molecule has 2 aromatic rings. The Balaban J connectivity index is 2.20. The molecule has 1 atom stereocenters. The number of allylic oxidation sites excluding steroid dienone is 2. The van der Waals surface area contributed by atoms with Crippen LogP contribution in [0.25, 0.3) is 5.57 Å². The summed E-state index contributed by atoms with van der Waals surface area (Å²) in [5.41, 5.74) is 3.90. The third kappa shape index (κ3) is 3.04. The van der Waals surface area contributed by atoms with Crippen molar-refractivity contribution in [2.24, 2.45) is 0 Å². The first-order valence-electron chi connectivity index (χ1n) is 5.91. The molecule has 0 saturated carbocycles. The summed E-state index contributed by atoms with van der Waals surface area (Å²) in [4.78, 5) is 4.04. The van der Waals surface area contributed by atoms with Crippen molar-refractivity contribution in [1.29, 1.82) is 0 Å². The van der Waals surface area contributed by atoms with Crippen LogP contribution in [0.15, 0.2) is 60.9 Å². The van der Waals surface area contributed by atoms with Crippen molar-refractivity contribution >= 4 is 5.57 Å². The van der Waals surface area contributed by atoms with E-state index in [0.717, 1.165) is 0 Å². The molecule has 1 heterocycles. The molecule has 0 aliphatic carbocycles. The number of aromatic nitrogens is 1. The Morgan fingerprint density at radius 2 is 1.71 bits per heavy atom. The largest absolute Gasteiger partial charge is 0.265 e. The lowest BCUT2D eigenvalue weighted by atomic mass is 9.97. The third-order valence-electron chi connectivity index (χ3n) is 2.96. The van der Waals surface area contributed by atoms with Gasteiger partial charge in [-0.15, -0.1) is 0 Å². The minimum atomic E-state index is 0.415. The number of rotatable bonds is 3. The highest BCUT2D eigenvalue weighted by Crippen LogP contribution is 2.21. The molecule has 0 radical (unpaired) electrons. The lowest BCUT2D eigenvalue weighted by molar-refractivity contribution is 0.961. The van der Waals surface area contributed by atoms with E-state index in [4.69, 9.17) is 0 Å². The zero-order valence-electron chi connectivity index (χ0n) is 10.3. The molecule has 1 nitrogen and oxygen atoms in total. The van der Waals surface area contributed by atoms with Gasteiger partial charge in [-0.2, -0.15) is 0 Å². The van der Waals surface area contributed by atoms with Crippen molar-refractivity contribution in [2.75, 3.05) is 0 Å². The second-order valence-electron chi connectivity index (χ2n) is 4.28. The molecule has 1 heteroatoms. The van der Waals surface area contributed by atoms with Crippen LogP contribution in [0.4, 0.5) is 0 Å². The van der Waals surface area contributed by atoms with Crippen LogP contribution in [0.3, 0.4) is 0 Å². The Bertz CT molecular complexity index is 485. The summed E-state index contributed by atoms with van der Waals surface area (Å²) >= 11 is 0. The maximum atomic E-state index is 4.04. The van der Waals surface area contributed by atoms with Crippen LogP contribution in [0.2, 0.25) is 0 Å². The normalized spacial score (nSPS) is 13.4. The molecule has 1 aromatic carbocycles. The van der Waals surface area contributed by atoms with E-state index in [1.54, 1.807) is 0 Å². The van der Waals surface area contributed by atoms with Crippen LogP contribution in [-0.4, -0.2) is 4.98 Å². The zero-order valence-corrected chi connectivity index (χ0v) is 10.3. The SMILES string of the molecule is C/C(=C/C(C)c1ccncc1)c1ccccc1. The van der Waals surface area contributed by atoms with Crippen molar-refractivity contribution in [1.82, 2.24) is 4.98 Å². The summed E-state index contributed by atoms with van der Waals surface area (Å²) in [6.45, 7) is 4.37. The first-order chi connectivity index (χ1) is 8.27. The molecular weight excluding hydrogens is 206 g/mol. The van der Waals surface area contributed by atoms with Gasteiger partial charge >= 0.3 is 0 Å². The Labute approximate surface area is 103 Å². The first kappa shape index (κ1) is 11.6. The molecule has 0 aliphatic rings. The topological polar surface area (TPSA) is 12.9 Å². The van der Waals surface area contributed by atoms with E-state index in [1.165, 1.54) is 16.7 Å². The first-order valence-corrected chi connectivity index (χ1v) is 5.91. The highest BCUT2D eigenvalue weighted by atomic mass is 14.6. The second-order valence-corrected chi connectivity index (χ2v) is 4.28. The van der Waals surface area contributed by atoms with Gasteiger partial charge in [0.05, 0.1) is 0 Å². The molecule has 2 rings (SSSR count). The van der Waals surface area contributed by atoms with Crippen molar-refractivity contribution < 1.29 is 0 Å². The van der Waals surface area contributed by atoms with Gasteiger partial charge in [-0.1, -0.05) is 43.3 Å². The molecule has 0 aliphatic heterocycles. The average molecular weight is 223 g/mol. The van der Waals surface area contributed by atoms with E-state index >= 15 is 0 Å². The fourth-order valence-electron chi connectivity index (χ4n) is 1.94. The van der Waals surface area contributed by atoms with E-state index in [-0.39, 0.29) is 0 Å². The molecule has 0 amide bonds. The zero-order chi connectivity index (χ0) is 12.1. The summed E-state index contributed by atoms with van der Waals surface area (Å²) in [6.07, 6.45) is 5.99. The lowest BCUT2D eigenvalue weighted by Crippen LogP contribution is -1.90. The number of pyridine rings is 1. The maximum Gasteiger partial charge on any atom is 0.0270 e. The van der Waals surface area contributed by atoms with Gasteiger partial charge < -0.3 is 0 Å². The van der Waals surface area contributed by atoms with Gasteiger partial charge in [0.15, 0.2) is 0 Å². The van der Waals surface area contributed by atoms with Crippen molar-refractivity contribution in [2.45, 2.75) is 19.8 Å². The molecule has 17 heavy (non-hydrogen) atoms. The molecule has 0 saturated heterocycles. The minimum Gasteiger partial charge on any atom is -0.265 e. The van der Waals surface area contributed by atoms with Crippen LogP contribution in [0, 0.1) is 0 Å².